The minimum Gasteiger partial charge on any atom is -0.478 e. The van der Waals surface area contributed by atoms with Crippen LogP contribution < -0.4 is 0 Å². The summed E-state index contributed by atoms with van der Waals surface area (Å²) in [5.74, 6) is -0.718. The molecule has 0 saturated carbocycles. The summed E-state index contributed by atoms with van der Waals surface area (Å²) in [7, 11) is -1.26. The third-order valence-corrected chi connectivity index (χ3v) is 2.96. The second-order valence-electron chi connectivity index (χ2n) is 3.09. The van der Waals surface area contributed by atoms with Crippen LogP contribution >= 0.6 is 0 Å². The number of carbonyl (C=O) groups is 1. The van der Waals surface area contributed by atoms with Crippen molar-refractivity contribution >= 4 is 16.8 Å². The summed E-state index contributed by atoms with van der Waals surface area (Å²) in [5, 5.41) is 9.56. The Bertz CT molecular complexity index is 410. The lowest BCUT2D eigenvalue weighted by Gasteiger charge is -2.02. The number of aliphatic carboxylic acids is 1. The van der Waals surface area contributed by atoms with Crippen molar-refractivity contribution in [3.05, 3.63) is 46.9 Å². The van der Waals surface area contributed by atoms with Crippen LogP contribution in [-0.4, -0.2) is 15.3 Å². The fourth-order valence-corrected chi connectivity index (χ4v) is 2.10. The fraction of sp³-hybridized carbons (Fsp3) is 0.182. The molecule has 3 nitrogen and oxygen atoms in total. The molecule has 0 heterocycles. The summed E-state index contributed by atoms with van der Waals surface area (Å²) < 4.78 is 11.4. The Labute approximate surface area is 90.9 Å². The average Bonchev–Trinajstić information content (AvgIpc) is 2.18. The van der Waals surface area contributed by atoms with Crippen molar-refractivity contribution in [1.82, 2.24) is 0 Å². The minimum absolute atomic E-state index is 0.358. The van der Waals surface area contributed by atoms with Gasteiger partial charge in [0.1, 0.15) is 0 Å². The highest BCUT2D eigenvalue weighted by molar-refractivity contribution is 7.87. The van der Waals surface area contributed by atoms with E-state index in [4.69, 9.17) is 5.11 Å². The molecule has 0 aliphatic carbocycles. The summed E-state index contributed by atoms with van der Waals surface area (Å²) in [5.41, 5.74) is 2.04. The van der Waals surface area contributed by atoms with E-state index in [2.05, 4.69) is 0 Å². The molecule has 1 aromatic rings. The first-order chi connectivity index (χ1) is 7.09. The van der Waals surface area contributed by atoms with Crippen LogP contribution in [0.1, 0.15) is 11.1 Å². The number of rotatable bonds is 4. The van der Waals surface area contributed by atoms with Gasteiger partial charge in [0.05, 0.1) is 16.6 Å². The van der Waals surface area contributed by atoms with Gasteiger partial charge in [-0.1, -0.05) is 24.3 Å². The van der Waals surface area contributed by atoms with E-state index in [1.54, 1.807) is 0 Å². The first-order valence-electron chi connectivity index (χ1n) is 4.42. The van der Waals surface area contributed by atoms with Crippen LogP contribution in [0, 0.1) is 6.92 Å². The molecule has 0 aromatic heterocycles. The molecule has 0 spiro atoms. The Morgan fingerprint density at radius 1 is 1.47 bits per heavy atom. The zero-order valence-electron chi connectivity index (χ0n) is 8.34. The van der Waals surface area contributed by atoms with Crippen molar-refractivity contribution in [2.24, 2.45) is 0 Å². The number of benzene rings is 1. The van der Waals surface area contributed by atoms with Gasteiger partial charge in [-0.15, -0.1) is 0 Å². The molecular formula is C11H12O3S. The molecule has 0 saturated heterocycles. The molecule has 0 bridgehead atoms. The van der Waals surface area contributed by atoms with Crippen molar-refractivity contribution in [2.75, 3.05) is 0 Å². The lowest BCUT2D eigenvalue weighted by molar-refractivity contribution is -0.131. The highest BCUT2D eigenvalue weighted by atomic mass is 32.2. The lowest BCUT2D eigenvalue weighted by Crippen LogP contribution is -1.95. The Hall–Kier alpha value is -1.42. The van der Waals surface area contributed by atoms with Gasteiger partial charge in [0.2, 0.25) is 0 Å². The summed E-state index contributed by atoms with van der Waals surface area (Å²) in [4.78, 5) is 10.2. The van der Waals surface area contributed by atoms with Gasteiger partial charge >= 0.3 is 5.97 Å². The van der Waals surface area contributed by atoms with Gasteiger partial charge in [0, 0.05) is 11.5 Å². The van der Waals surface area contributed by atoms with E-state index in [9.17, 15) is 9.00 Å². The zero-order valence-corrected chi connectivity index (χ0v) is 9.16. The first-order valence-corrected chi connectivity index (χ1v) is 5.80. The number of carboxylic acids is 1. The summed E-state index contributed by atoms with van der Waals surface area (Å²) in [6.07, 6.45) is 0.911. The molecule has 0 fully saturated rings. The second-order valence-corrected chi connectivity index (χ2v) is 4.41. The van der Waals surface area contributed by atoms with Gasteiger partial charge in [0.15, 0.2) is 0 Å². The number of hydrogen-bond acceptors (Lipinski definition) is 2. The first kappa shape index (κ1) is 11.7. The number of carboxylic acid groups (broad SMARTS) is 1. The molecule has 80 valence electrons. The zero-order chi connectivity index (χ0) is 11.3. The molecule has 1 atom stereocenters. The van der Waals surface area contributed by atoms with Gasteiger partial charge < -0.3 is 5.11 Å². The van der Waals surface area contributed by atoms with E-state index in [1.165, 1.54) is 5.41 Å². The topological polar surface area (TPSA) is 54.4 Å². The Morgan fingerprint density at radius 3 is 2.73 bits per heavy atom. The van der Waals surface area contributed by atoms with Gasteiger partial charge in [-0.05, 0) is 18.1 Å². The summed E-state index contributed by atoms with van der Waals surface area (Å²) in [6, 6.07) is 7.62. The predicted molar refractivity (Wildman–Crippen MR) is 59.8 cm³/mol. The average molecular weight is 224 g/mol. The van der Waals surface area contributed by atoms with Crippen LogP contribution in [0.25, 0.3) is 0 Å². The fourth-order valence-electron chi connectivity index (χ4n) is 1.11. The molecule has 1 rings (SSSR count). The quantitative estimate of drug-likeness (QED) is 0.794. The van der Waals surface area contributed by atoms with E-state index >= 15 is 0 Å². The second kappa shape index (κ2) is 5.46. The van der Waals surface area contributed by atoms with Crippen LogP contribution in [0.4, 0.5) is 0 Å². The maximum absolute atomic E-state index is 11.4. The van der Waals surface area contributed by atoms with Crippen molar-refractivity contribution in [3.63, 3.8) is 0 Å². The normalized spacial score (nSPS) is 12.9. The van der Waals surface area contributed by atoms with E-state index in [-0.39, 0.29) is 0 Å². The van der Waals surface area contributed by atoms with Crippen molar-refractivity contribution in [1.29, 1.82) is 0 Å². The third-order valence-electron chi connectivity index (χ3n) is 1.92. The van der Waals surface area contributed by atoms with Crippen LogP contribution in [-0.2, 0) is 21.3 Å². The summed E-state index contributed by atoms with van der Waals surface area (Å²) in [6.45, 7) is 1.94. The smallest absolute Gasteiger partial charge is 0.328 e. The Kier molecular flexibility index (Phi) is 4.24. The molecule has 0 radical (unpaired) electrons. The van der Waals surface area contributed by atoms with Gasteiger partial charge in [0.25, 0.3) is 0 Å². The van der Waals surface area contributed by atoms with Crippen LogP contribution in [0.5, 0.6) is 0 Å². The van der Waals surface area contributed by atoms with E-state index in [1.807, 2.05) is 31.2 Å². The molecule has 4 heteroatoms. The van der Waals surface area contributed by atoms with Crippen molar-refractivity contribution in [3.8, 4) is 0 Å². The largest absolute Gasteiger partial charge is 0.478 e. The SMILES string of the molecule is Cc1ccccc1CS(=O)/C=C/C(=O)O. The predicted octanol–water partition coefficient (Wildman–Crippen LogP) is 1.84. The number of hydrogen-bond donors (Lipinski definition) is 1. The van der Waals surface area contributed by atoms with E-state index in [0.29, 0.717) is 5.75 Å². The van der Waals surface area contributed by atoms with Gasteiger partial charge in [-0.3, -0.25) is 4.21 Å². The Balaban J connectivity index is 2.67. The Morgan fingerprint density at radius 2 is 2.13 bits per heavy atom. The van der Waals surface area contributed by atoms with Crippen molar-refractivity contribution in [2.45, 2.75) is 12.7 Å². The highest BCUT2D eigenvalue weighted by Crippen LogP contribution is 2.09. The highest BCUT2D eigenvalue weighted by Gasteiger charge is 2.01. The van der Waals surface area contributed by atoms with E-state index < -0.39 is 16.8 Å². The lowest BCUT2D eigenvalue weighted by atomic mass is 10.1. The molecule has 15 heavy (non-hydrogen) atoms. The molecular weight excluding hydrogens is 212 g/mol. The van der Waals surface area contributed by atoms with Gasteiger partial charge in [-0.25, -0.2) is 4.79 Å². The third kappa shape index (κ3) is 4.08. The monoisotopic (exact) mass is 224 g/mol. The maximum Gasteiger partial charge on any atom is 0.328 e. The molecule has 1 N–H and O–H groups in total. The summed E-state index contributed by atoms with van der Waals surface area (Å²) >= 11 is 0. The van der Waals surface area contributed by atoms with Crippen molar-refractivity contribution < 1.29 is 14.1 Å². The molecule has 0 aliphatic rings. The maximum atomic E-state index is 11.4. The van der Waals surface area contributed by atoms with E-state index in [0.717, 1.165) is 17.2 Å². The minimum atomic E-state index is -1.26. The molecule has 0 aliphatic heterocycles. The number of aryl methyl sites for hydroxylation is 1. The molecule has 0 amide bonds. The van der Waals surface area contributed by atoms with Crippen LogP contribution in [0.2, 0.25) is 0 Å². The molecule has 1 unspecified atom stereocenters. The standard InChI is InChI=1S/C11H12O3S/c1-9-4-2-3-5-10(9)8-15(14)7-6-11(12)13/h2-7H,8H2,1H3,(H,12,13)/b7-6+. The van der Waals surface area contributed by atoms with Gasteiger partial charge in [-0.2, -0.15) is 0 Å². The van der Waals surface area contributed by atoms with Crippen LogP contribution in [0.15, 0.2) is 35.7 Å². The molecule has 1 aromatic carbocycles. The van der Waals surface area contributed by atoms with Crippen LogP contribution in [0.3, 0.4) is 0 Å².